The number of carbonyl (C=O) groups is 1. The normalized spacial score (nSPS) is 15.5. The summed E-state index contributed by atoms with van der Waals surface area (Å²) in [5.74, 6) is 0.230. The number of carbonyl (C=O) groups excluding carboxylic acids is 1. The Morgan fingerprint density at radius 2 is 1.92 bits per heavy atom. The fourth-order valence-corrected chi connectivity index (χ4v) is 3.47. The van der Waals surface area contributed by atoms with Crippen molar-refractivity contribution in [1.82, 2.24) is 24.3 Å². The van der Waals surface area contributed by atoms with Gasteiger partial charge in [-0.3, -0.25) is 19.7 Å². The van der Waals surface area contributed by atoms with Crippen molar-refractivity contribution in [2.24, 2.45) is 0 Å². The minimum Gasteiger partial charge on any atom is -0.346 e. The lowest BCUT2D eigenvalue weighted by atomic mass is 10.2. The molecule has 134 valence electrons. The Labute approximate surface area is 153 Å². The number of aryl methyl sites for hydroxylation is 1. The van der Waals surface area contributed by atoms with E-state index in [2.05, 4.69) is 25.5 Å². The monoisotopic (exact) mass is 349 g/mol. The zero-order chi connectivity index (χ0) is 17.8. The molecule has 1 amide bonds. The van der Waals surface area contributed by atoms with Crippen molar-refractivity contribution in [2.75, 3.05) is 26.2 Å². The first kappa shape index (κ1) is 16.7. The highest BCUT2D eigenvalue weighted by Crippen LogP contribution is 2.15. The molecule has 1 aliphatic heterocycles. The van der Waals surface area contributed by atoms with Crippen molar-refractivity contribution >= 4 is 16.8 Å². The van der Waals surface area contributed by atoms with Crippen LogP contribution in [0.25, 0.3) is 10.9 Å². The van der Waals surface area contributed by atoms with E-state index in [0.717, 1.165) is 49.3 Å². The molecule has 4 rings (SSSR count). The van der Waals surface area contributed by atoms with Crippen LogP contribution in [-0.2, 0) is 17.9 Å². The lowest BCUT2D eigenvalue weighted by molar-refractivity contribution is -0.133. The first-order chi connectivity index (χ1) is 12.8. The molecule has 0 radical (unpaired) electrons. The number of pyridine rings is 2. The van der Waals surface area contributed by atoms with E-state index in [4.69, 9.17) is 0 Å². The zero-order valence-electron chi connectivity index (χ0n) is 14.8. The van der Waals surface area contributed by atoms with Gasteiger partial charge in [-0.15, -0.1) is 0 Å². The lowest BCUT2D eigenvalue weighted by Crippen LogP contribution is -2.48. The predicted molar refractivity (Wildman–Crippen MR) is 100 cm³/mol. The number of rotatable bonds is 5. The molecule has 0 spiro atoms. The van der Waals surface area contributed by atoms with Crippen LogP contribution in [-0.4, -0.2) is 56.4 Å². The molecule has 6 nitrogen and oxygen atoms in total. The quantitative estimate of drug-likeness (QED) is 0.708. The van der Waals surface area contributed by atoms with Gasteiger partial charge in [0, 0.05) is 69.7 Å². The second-order valence-corrected chi connectivity index (χ2v) is 6.67. The van der Waals surface area contributed by atoms with Crippen molar-refractivity contribution in [3.05, 3.63) is 60.8 Å². The van der Waals surface area contributed by atoms with Crippen LogP contribution in [0.1, 0.15) is 12.1 Å². The van der Waals surface area contributed by atoms with E-state index < -0.39 is 0 Å². The summed E-state index contributed by atoms with van der Waals surface area (Å²) in [4.78, 5) is 25.5. The van der Waals surface area contributed by atoms with Gasteiger partial charge in [-0.05, 0) is 24.3 Å². The second kappa shape index (κ2) is 7.66. The van der Waals surface area contributed by atoms with Gasteiger partial charge in [-0.2, -0.15) is 0 Å². The van der Waals surface area contributed by atoms with Crippen molar-refractivity contribution in [3.8, 4) is 0 Å². The molecule has 0 saturated carbocycles. The van der Waals surface area contributed by atoms with Crippen LogP contribution in [0, 0.1) is 0 Å². The van der Waals surface area contributed by atoms with Gasteiger partial charge in [-0.25, -0.2) is 0 Å². The number of aromatic nitrogens is 3. The van der Waals surface area contributed by atoms with Crippen LogP contribution in [0.3, 0.4) is 0 Å². The van der Waals surface area contributed by atoms with Crippen LogP contribution in [0.15, 0.2) is 55.1 Å². The largest absolute Gasteiger partial charge is 0.346 e. The molecular weight excluding hydrogens is 326 g/mol. The summed E-state index contributed by atoms with van der Waals surface area (Å²) in [5, 5.41) is 1.16. The molecule has 0 aliphatic carbocycles. The third-order valence-corrected chi connectivity index (χ3v) is 4.98. The van der Waals surface area contributed by atoms with Gasteiger partial charge < -0.3 is 9.47 Å². The summed E-state index contributed by atoms with van der Waals surface area (Å²) in [5.41, 5.74) is 2.17. The van der Waals surface area contributed by atoms with Gasteiger partial charge in [0.15, 0.2) is 0 Å². The highest BCUT2D eigenvalue weighted by Gasteiger charge is 2.21. The van der Waals surface area contributed by atoms with Crippen LogP contribution < -0.4 is 0 Å². The molecule has 0 atom stereocenters. The average molecular weight is 349 g/mol. The number of hydrogen-bond acceptors (Lipinski definition) is 4. The first-order valence-electron chi connectivity index (χ1n) is 9.08. The topological polar surface area (TPSA) is 54.3 Å². The van der Waals surface area contributed by atoms with Crippen LogP contribution in [0.5, 0.6) is 0 Å². The smallest absolute Gasteiger partial charge is 0.224 e. The molecule has 4 heterocycles. The maximum absolute atomic E-state index is 12.6. The van der Waals surface area contributed by atoms with Crippen LogP contribution in [0.2, 0.25) is 0 Å². The molecule has 0 N–H and O–H groups in total. The molecule has 26 heavy (non-hydrogen) atoms. The second-order valence-electron chi connectivity index (χ2n) is 6.67. The van der Waals surface area contributed by atoms with Gasteiger partial charge in [0.05, 0.1) is 17.4 Å². The van der Waals surface area contributed by atoms with Crippen molar-refractivity contribution < 1.29 is 4.79 Å². The lowest BCUT2D eigenvalue weighted by Gasteiger charge is -2.34. The summed E-state index contributed by atoms with van der Waals surface area (Å²) in [6.07, 6.45) is 8.04. The van der Waals surface area contributed by atoms with Crippen molar-refractivity contribution in [2.45, 2.75) is 19.5 Å². The van der Waals surface area contributed by atoms with Crippen molar-refractivity contribution in [1.29, 1.82) is 0 Å². The van der Waals surface area contributed by atoms with Crippen molar-refractivity contribution in [3.63, 3.8) is 0 Å². The average Bonchev–Trinajstić information content (AvgIpc) is 3.11. The fourth-order valence-electron chi connectivity index (χ4n) is 3.47. The highest BCUT2D eigenvalue weighted by atomic mass is 16.2. The number of fused-ring (bicyclic) bond motifs is 1. The molecule has 6 heteroatoms. The SMILES string of the molecule is O=C(CCn1ccc2ccncc21)N1CCN(Cc2ccccn2)CC1. The third-order valence-electron chi connectivity index (χ3n) is 4.98. The molecule has 3 aromatic rings. The highest BCUT2D eigenvalue weighted by molar-refractivity contribution is 5.79. The minimum absolute atomic E-state index is 0.230. The maximum Gasteiger partial charge on any atom is 0.224 e. The molecule has 3 aromatic heterocycles. The van der Waals surface area contributed by atoms with Gasteiger partial charge >= 0.3 is 0 Å². The standard InChI is InChI=1S/C20H23N5O/c26-20(6-10-24-9-5-17-4-8-21-15-19(17)24)25-13-11-23(12-14-25)16-18-3-1-2-7-22-18/h1-5,7-9,15H,6,10-14,16H2. The zero-order valence-corrected chi connectivity index (χ0v) is 14.8. The van der Waals surface area contributed by atoms with E-state index in [9.17, 15) is 4.79 Å². The Morgan fingerprint density at radius 1 is 1.04 bits per heavy atom. The third kappa shape index (κ3) is 3.75. The molecule has 0 aromatic carbocycles. The number of amides is 1. The van der Waals surface area contributed by atoms with Gasteiger partial charge in [0.25, 0.3) is 0 Å². The number of hydrogen-bond donors (Lipinski definition) is 0. The molecule has 1 aliphatic rings. The number of nitrogens with zero attached hydrogens (tertiary/aromatic N) is 5. The van der Waals surface area contributed by atoms with E-state index in [-0.39, 0.29) is 5.91 Å². The summed E-state index contributed by atoms with van der Waals surface area (Å²) >= 11 is 0. The molecule has 0 unspecified atom stereocenters. The summed E-state index contributed by atoms with van der Waals surface area (Å²) in [6.45, 7) is 4.93. The van der Waals surface area contributed by atoms with E-state index in [0.29, 0.717) is 13.0 Å². The van der Waals surface area contributed by atoms with E-state index in [1.54, 1.807) is 6.20 Å². The predicted octanol–water partition coefficient (Wildman–Crippen LogP) is 2.17. The van der Waals surface area contributed by atoms with Crippen LogP contribution >= 0.6 is 0 Å². The fraction of sp³-hybridized carbons (Fsp3) is 0.350. The Bertz CT molecular complexity index is 868. The van der Waals surface area contributed by atoms with Gasteiger partial charge in [0.1, 0.15) is 0 Å². The van der Waals surface area contributed by atoms with E-state index >= 15 is 0 Å². The van der Waals surface area contributed by atoms with Crippen LogP contribution in [0.4, 0.5) is 0 Å². The van der Waals surface area contributed by atoms with Gasteiger partial charge in [-0.1, -0.05) is 6.07 Å². The Kier molecular flexibility index (Phi) is 4.93. The van der Waals surface area contributed by atoms with E-state index in [1.165, 1.54) is 0 Å². The molecule has 0 bridgehead atoms. The Morgan fingerprint density at radius 3 is 2.73 bits per heavy atom. The summed E-state index contributed by atoms with van der Waals surface area (Å²) < 4.78 is 2.11. The Hall–Kier alpha value is -2.73. The summed E-state index contributed by atoms with van der Waals surface area (Å²) in [7, 11) is 0. The maximum atomic E-state index is 12.6. The molecular formula is C20H23N5O. The minimum atomic E-state index is 0.230. The molecule has 1 saturated heterocycles. The number of piperazine rings is 1. The first-order valence-corrected chi connectivity index (χ1v) is 9.08. The summed E-state index contributed by atoms with van der Waals surface area (Å²) in [6, 6.07) is 10.1. The molecule has 1 fully saturated rings. The van der Waals surface area contributed by atoms with Gasteiger partial charge in [0.2, 0.25) is 5.91 Å². The van der Waals surface area contributed by atoms with E-state index in [1.807, 2.05) is 47.8 Å². The Balaban J connectivity index is 1.27.